The van der Waals surface area contributed by atoms with Gasteiger partial charge in [0.1, 0.15) is 5.82 Å². The summed E-state index contributed by atoms with van der Waals surface area (Å²) in [6, 6.07) is 4.75. The summed E-state index contributed by atoms with van der Waals surface area (Å²) in [6.45, 7) is 3.61. The number of nitrogens with one attached hydrogen (secondary N) is 1. The van der Waals surface area contributed by atoms with Crippen LogP contribution in [-0.2, 0) is 6.54 Å². The van der Waals surface area contributed by atoms with Crippen LogP contribution in [0.1, 0.15) is 25.3 Å². The first-order valence-electron chi connectivity index (χ1n) is 5.42. The van der Waals surface area contributed by atoms with E-state index in [9.17, 15) is 4.39 Å². The topological polar surface area (TPSA) is 12.0 Å². The summed E-state index contributed by atoms with van der Waals surface area (Å²) in [5, 5.41) is 3.64. The van der Waals surface area contributed by atoms with E-state index in [-0.39, 0.29) is 16.2 Å². The first kappa shape index (κ1) is 13.8. The fraction of sp³-hybridized carbons (Fsp3) is 0.500. The Morgan fingerprint density at radius 3 is 2.81 bits per heavy atom. The molecular formula is C12H16Cl2FN. The SMILES string of the molecule is CCC(Cl)CCNCc1ccc(F)c(Cl)c1. The second-order valence-electron chi connectivity index (χ2n) is 3.72. The monoisotopic (exact) mass is 263 g/mol. The number of alkyl halides is 1. The summed E-state index contributed by atoms with van der Waals surface area (Å²) in [5.41, 5.74) is 0.981. The minimum absolute atomic E-state index is 0.170. The highest BCUT2D eigenvalue weighted by molar-refractivity contribution is 6.30. The number of benzene rings is 1. The molecule has 1 atom stereocenters. The third-order valence-electron chi connectivity index (χ3n) is 2.39. The summed E-state index contributed by atoms with van der Waals surface area (Å²) in [7, 11) is 0. The van der Waals surface area contributed by atoms with Crippen molar-refractivity contribution >= 4 is 23.2 Å². The van der Waals surface area contributed by atoms with E-state index in [1.54, 1.807) is 12.1 Å². The normalized spacial score (nSPS) is 12.8. The lowest BCUT2D eigenvalue weighted by atomic mass is 10.2. The van der Waals surface area contributed by atoms with Crippen molar-refractivity contribution in [2.45, 2.75) is 31.7 Å². The molecule has 0 radical (unpaired) electrons. The highest BCUT2D eigenvalue weighted by atomic mass is 35.5. The molecule has 0 heterocycles. The first-order chi connectivity index (χ1) is 7.63. The Morgan fingerprint density at radius 1 is 1.44 bits per heavy atom. The lowest BCUT2D eigenvalue weighted by Crippen LogP contribution is -2.17. The summed E-state index contributed by atoms with van der Waals surface area (Å²) >= 11 is 11.7. The smallest absolute Gasteiger partial charge is 0.141 e. The Morgan fingerprint density at radius 2 is 2.19 bits per heavy atom. The molecule has 1 unspecified atom stereocenters. The van der Waals surface area contributed by atoms with Gasteiger partial charge in [-0.3, -0.25) is 0 Å². The largest absolute Gasteiger partial charge is 0.313 e. The van der Waals surface area contributed by atoms with Crippen molar-refractivity contribution in [1.29, 1.82) is 0 Å². The molecular weight excluding hydrogens is 248 g/mol. The Bertz CT molecular complexity index is 331. The first-order valence-corrected chi connectivity index (χ1v) is 6.23. The zero-order valence-electron chi connectivity index (χ0n) is 9.27. The molecule has 1 rings (SSSR count). The standard InChI is InChI=1S/C12H16Cl2FN/c1-2-10(13)5-6-16-8-9-3-4-12(15)11(14)7-9/h3-4,7,10,16H,2,5-6,8H2,1H3. The second kappa shape index (κ2) is 7.10. The van der Waals surface area contributed by atoms with Crippen molar-refractivity contribution < 1.29 is 4.39 Å². The lowest BCUT2D eigenvalue weighted by molar-refractivity contribution is 0.614. The molecule has 0 spiro atoms. The zero-order chi connectivity index (χ0) is 12.0. The van der Waals surface area contributed by atoms with Crippen molar-refractivity contribution in [3.8, 4) is 0 Å². The molecule has 0 fully saturated rings. The Labute approximate surface area is 106 Å². The molecule has 1 nitrogen and oxygen atoms in total. The molecule has 0 saturated heterocycles. The van der Waals surface area contributed by atoms with Gasteiger partial charge >= 0.3 is 0 Å². The molecule has 90 valence electrons. The van der Waals surface area contributed by atoms with E-state index >= 15 is 0 Å². The highest BCUT2D eigenvalue weighted by Crippen LogP contribution is 2.15. The van der Waals surface area contributed by atoms with Gasteiger partial charge in [0.05, 0.1) is 5.02 Å². The van der Waals surface area contributed by atoms with Crippen LogP contribution in [0, 0.1) is 5.82 Å². The van der Waals surface area contributed by atoms with E-state index in [4.69, 9.17) is 23.2 Å². The van der Waals surface area contributed by atoms with E-state index < -0.39 is 0 Å². The zero-order valence-corrected chi connectivity index (χ0v) is 10.8. The van der Waals surface area contributed by atoms with Crippen molar-refractivity contribution in [2.75, 3.05) is 6.54 Å². The molecule has 0 aliphatic carbocycles. The molecule has 16 heavy (non-hydrogen) atoms. The molecule has 1 N–H and O–H groups in total. The maximum atomic E-state index is 12.9. The number of rotatable bonds is 6. The lowest BCUT2D eigenvalue weighted by Gasteiger charge is -2.08. The summed E-state index contributed by atoms with van der Waals surface area (Å²) < 4.78 is 12.9. The van der Waals surface area contributed by atoms with Crippen LogP contribution < -0.4 is 5.32 Å². The number of hydrogen-bond acceptors (Lipinski definition) is 1. The van der Waals surface area contributed by atoms with Crippen molar-refractivity contribution in [3.63, 3.8) is 0 Å². The van der Waals surface area contributed by atoms with Crippen molar-refractivity contribution in [2.24, 2.45) is 0 Å². The van der Waals surface area contributed by atoms with E-state index in [1.165, 1.54) is 6.07 Å². The minimum Gasteiger partial charge on any atom is -0.313 e. The van der Waals surface area contributed by atoms with Crippen LogP contribution in [0.5, 0.6) is 0 Å². The molecule has 1 aromatic rings. The summed E-state index contributed by atoms with van der Waals surface area (Å²) in [4.78, 5) is 0. The van der Waals surface area contributed by atoms with Gasteiger partial charge in [0, 0.05) is 11.9 Å². The third-order valence-corrected chi connectivity index (χ3v) is 3.21. The second-order valence-corrected chi connectivity index (χ2v) is 4.74. The molecule has 0 bridgehead atoms. The van der Waals surface area contributed by atoms with Crippen molar-refractivity contribution in [3.05, 3.63) is 34.6 Å². The van der Waals surface area contributed by atoms with Crippen LogP contribution >= 0.6 is 23.2 Å². The quantitative estimate of drug-likeness (QED) is 0.605. The molecule has 0 amide bonds. The molecule has 0 aromatic heterocycles. The third kappa shape index (κ3) is 4.69. The molecule has 1 aromatic carbocycles. The van der Waals surface area contributed by atoms with Gasteiger partial charge in [0.25, 0.3) is 0 Å². The maximum absolute atomic E-state index is 12.9. The Balaban J connectivity index is 2.29. The number of halogens is 3. The Hall–Kier alpha value is -0.310. The van der Waals surface area contributed by atoms with E-state index in [0.29, 0.717) is 6.54 Å². The van der Waals surface area contributed by atoms with Gasteiger partial charge in [-0.15, -0.1) is 11.6 Å². The van der Waals surface area contributed by atoms with E-state index in [1.807, 2.05) is 0 Å². The predicted octanol–water partition coefficient (Wildman–Crippen LogP) is 3.98. The summed E-state index contributed by atoms with van der Waals surface area (Å²) in [6.07, 6.45) is 1.92. The molecule has 0 aliphatic rings. The fourth-order valence-electron chi connectivity index (χ4n) is 1.35. The van der Waals surface area contributed by atoms with E-state index in [2.05, 4.69) is 12.2 Å². The maximum Gasteiger partial charge on any atom is 0.141 e. The van der Waals surface area contributed by atoms with Gasteiger partial charge in [0.2, 0.25) is 0 Å². The average Bonchev–Trinajstić information content (AvgIpc) is 2.28. The molecule has 4 heteroatoms. The summed E-state index contributed by atoms with van der Waals surface area (Å²) in [5.74, 6) is -0.378. The van der Waals surface area contributed by atoms with Gasteiger partial charge in [-0.05, 0) is 37.1 Å². The van der Waals surface area contributed by atoms with Crippen LogP contribution in [0.4, 0.5) is 4.39 Å². The van der Waals surface area contributed by atoms with Gasteiger partial charge in [0.15, 0.2) is 0 Å². The number of hydrogen-bond donors (Lipinski definition) is 1. The Kier molecular flexibility index (Phi) is 6.10. The van der Waals surface area contributed by atoms with Crippen LogP contribution in [0.3, 0.4) is 0 Å². The highest BCUT2D eigenvalue weighted by Gasteiger charge is 2.02. The fourth-order valence-corrected chi connectivity index (χ4v) is 1.66. The molecule has 0 saturated carbocycles. The average molecular weight is 264 g/mol. The van der Waals surface area contributed by atoms with Crippen LogP contribution in [0.15, 0.2) is 18.2 Å². The van der Waals surface area contributed by atoms with Crippen LogP contribution in [0.2, 0.25) is 5.02 Å². The van der Waals surface area contributed by atoms with Gasteiger partial charge < -0.3 is 5.32 Å². The van der Waals surface area contributed by atoms with Gasteiger partial charge in [-0.2, -0.15) is 0 Å². The predicted molar refractivity (Wildman–Crippen MR) is 67.7 cm³/mol. The van der Waals surface area contributed by atoms with E-state index in [0.717, 1.165) is 24.9 Å². The minimum atomic E-state index is -0.378. The van der Waals surface area contributed by atoms with Gasteiger partial charge in [-0.25, -0.2) is 4.39 Å². The van der Waals surface area contributed by atoms with Crippen LogP contribution in [0.25, 0.3) is 0 Å². The molecule has 0 aliphatic heterocycles. The van der Waals surface area contributed by atoms with Gasteiger partial charge in [-0.1, -0.05) is 24.6 Å². The van der Waals surface area contributed by atoms with Crippen molar-refractivity contribution in [1.82, 2.24) is 5.32 Å². The van der Waals surface area contributed by atoms with Crippen LogP contribution in [-0.4, -0.2) is 11.9 Å².